The largest absolute Gasteiger partial charge is 0.493 e. The van der Waals surface area contributed by atoms with Gasteiger partial charge in [-0.05, 0) is 61.2 Å². The predicted octanol–water partition coefficient (Wildman–Crippen LogP) is 4.13. The Kier molecular flexibility index (Phi) is 8.79. The molecule has 3 heterocycles. The number of piperidine rings is 1. The lowest BCUT2D eigenvalue weighted by Crippen LogP contribution is -2.59. The Bertz CT molecular complexity index is 1390. The van der Waals surface area contributed by atoms with Gasteiger partial charge >= 0.3 is 12.2 Å². The zero-order chi connectivity index (χ0) is 31.8. The van der Waals surface area contributed by atoms with Gasteiger partial charge in [0, 0.05) is 51.4 Å². The second-order valence-corrected chi connectivity index (χ2v) is 12.2. The number of carbonyl (C=O) groups excluding carboxylic acids is 3. The number of urea groups is 1. The van der Waals surface area contributed by atoms with Gasteiger partial charge in [-0.1, -0.05) is 13.8 Å². The van der Waals surface area contributed by atoms with Crippen molar-refractivity contribution in [2.75, 3.05) is 51.3 Å². The predicted molar refractivity (Wildman–Crippen MR) is 155 cm³/mol. The molecule has 2 aromatic carbocycles. The van der Waals surface area contributed by atoms with Crippen LogP contribution in [-0.2, 0) is 11.0 Å². The lowest BCUT2D eigenvalue weighted by Gasteiger charge is -2.44. The number of rotatable bonds is 8. The summed E-state index contributed by atoms with van der Waals surface area (Å²) in [6, 6.07) is 7.80. The Morgan fingerprint density at radius 3 is 2.32 bits per heavy atom. The van der Waals surface area contributed by atoms with E-state index < -0.39 is 52.4 Å². The molecule has 0 aromatic heterocycles. The fourth-order valence-electron chi connectivity index (χ4n) is 6.04. The second kappa shape index (κ2) is 12.3. The summed E-state index contributed by atoms with van der Waals surface area (Å²) >= 11 is 0. The number of nitrogens with zero attached hydrogens (tertiary/aromatic N) is 3. The first-order valence-corrected chi connectivity index (χ1v) is 14.7. The van der Waals surface area contributed by atoms with Crippen molar-refractivity contribution in [2.45, 2.75) is 44.4 Å². The van der Waals surface area contributed by atoms with Crippen LogP contribution in [0.1, 0.15) is 42.6 Å². The van der Waals surface area contributed by atoms with Gasteiger partial charge in [0.05, 0.1) is 23.3 Å². The lowest BCUT2D eigenvalue weighted by molar-refractivity contribution is -0.138. The highest BCUT2D eigenvalue weighted by molar-refractivity contribution is 5.98. The number of benzene rings is 2. The van der Waals surface area contributed by atoms with Crippen molar-refractivity contribution in [3.8, 4) is 5.75 Å². The molecule has 0 aliphatic carbocycles. The van der Waals surface area contributed by atoms with Crippen molar-refractivity contribution < 1.29 is 36.7 Å². The van der Waals surface area contributed by atoms with E-state index in [0.29, 0.717) is 63.2 Å². The van der Waals surface area contributed by atoms with Crippen molar-refractivity contribution in [3.05, 3.63) is 59.4 Å². The summed E-state index contributed by atoms with van der Waals surface area (Å²) in [7, 11) is 1.74. The number of amides is 4. The van der Waals surface area contributed by atoms with Crippen LogP contribution in [0.25, 0.3) is 0 Å². The maximum atomic E-state index is 14.4. The van der Waals surface area contributed by atoms with E-state index in [9.17, 15) is 31.9 Å². The van der Waals surface area contributed by atoms with Crippen LogP contribution in [0.5, 0.6) is 5.75 Å². The minimum absolute atomic E-state index is 0.144. The summed E-state index contributed by atoms with van der Waals surface area (Å²) in [6.07, 6.45) is -3.81. The maximum absolute atomic E-state index is 14.4. The fourth-order valence-corrected chi connectivity index (χ4v) is 6.04. The van der Waals surface area contributed by atoms with Crippen LogP contribution in [0.4, 0.5) is 28.0 Å². The molecule has 3 fully saturated rings. The number of alkyl halides is 3. The highest BCUT2D eigenvalue weighted by Gasteiger charge is 2.51. The van der Waals surface area contributed by atoms with Crippen LogP contribution >= 0.6 is 0 Å². The number of hydrogen-bond donors (Lipinski definition) is 2. The smallest absolute Gasteiger partial charge is 0.416 e. The molecule has 3 aliphatic heterocycles. The van der Waals surface area contributed by atoms with E-state index in [1.54, 1.807) is 35.6 Å². The van der Waals surface area contributed by atoms with Crippen LogP contribution < -0.4 is 20.3 Å². The number of ether oxygens (including phenoxy) is 1. The first kappa shape index (κ1) is 31.6. The van der Waals surface area contributed by atoms with E-state index in [4.69, 9.17) is 4.74 Å². The van der Waals surface area contributed by atoms with Gasteiger partial charge in [0.25, 0.3) is 5.91 Å². The number of nitrogens with one attached hydrogen (secondary N) is 2. The number of halogens is 4. The molecule has 0 radical (unpaired) electrons. The highest BCUT2D eigenvalue weighted by Crippen LogP contribution is 2.40. The summed E-state index contributed by atoms with van der Waals surface area (Å²) in [4.78, 5) is 44.8. The fraction of sp³-hybridized carbons (Fsp3) is 0.516. The van der Waals surface area contributed by atoms with E-state index in [0.717, 1.165) is 24.5 Å². The number of anilines is 1. The molecule has 1 spiro atoms. The van der Waals surface area contributed by atoms with Gasteiger partial charge in [0.2, 0.25) is 5.91 Å². The van der Waals surface area contributed by atoms with Crippen LogP contribution in [0.2, 0.25) is 0 Å². The minimum Gasteiger partial charge on any atom is -0.493 e. The monoisotopic (exact) mass is 619 g/mol. The van der Waals surface area contributed by atoms with Gasteiger partial charge in [0.15, 0.2) is 0 Å². The van der Waals surface area contributed by atoms with Gasteiger partial charge in [0.1, 0.15) is 17.6 Å². The van der Waals surface area contributed by atoms with Gasteiger partial charge in [-0.25, -0.2) is 9.18 Å². The molecular weight excluding hydrogens is 582 g/mol. The summed E-state index contributed by atoms with van der Waals surface area (Å²) in [5.41, 5.74) is -1.77. The van der Waals surface area contributed by atoms with Crippen LogP contribution in [0.15, 0.2) is 42.5 Å². The molecule has 2 N–H and O–H groups in total. The topological polar surface area (TPSA) is 94.2 Å². The standard InChI is InChI=1S/C31H37F4N5O4/c1-19(2)26(37-27(41)24-14-21(31(33,34)35)4-9-25(24)32)28(42)39-12-10-30(11-13-39)18-38(3)29(43)40(30)22-5-7-23(8-6-22)44-17-20-15-36-16-20/h4-9,14,19-20,26,36H,10-13,15-18H2,1-3H3,(H,37,41). The van der Waals surface area contributed by atoms with Gasteiger partial charge in [-0.3, -0.25) is 14.5 Å². The van der Waals surface area contributed by atoms with Crippen molar-refractivity contribution in [2.24, 2.45) is 11.8 Å². The van der Waals surface area contributed by atoms with E-state index >= 15 is 0 Å². The third-order valence-corrected chi connectivity index (χ3v) is 8.73. The molecule has 9 nitrogen and oxygen atoms in total. The first-order valence-electron chi connectivity index (χ1n) is 14.7. The van der Waals surface area contributed by atoms with E-state index in [1.807, 2.05) is 24.3 Å². The van der Waals surface area contributed by atoms with Crippen molar-refractivity contribution >= 4 is 23.5 Å². The van der Waals surface area contributed by atoms with Crippen molar-refractivity contribution in [1.29, 1.82) is 0 Å². The number of likely N-dealkylation sites (tertiary alicyclic amines) is 1. The maximum Gasteiger partial charge on any atom is 0.416 e. The molecule has 3 saturated heterocycles. The molecule has 13 heteroatoms. The summed E-state index contributed by atoms with van der Waals surface area (Å²) in [5, 5.41) is 5.67. The highest BCUT2D eigenvalue weighted by atomic mass is 19.4. The Labute approximate surface area is 253 Å². The molecule has 4 amide bonds. The van der Waals surface area contributed by atoms with Gasteiger partial charge < -0.3 is 25.2 Å². The SMILES string of the molecule is CC(C)C(NC(=O)c1cc(C(F)(F)F)ccc1F)C(=O)N1CCC2(CC1)CN(C)C(=O)N2c1ccc(OCC2CNC2)cc1. The molecule has 238 valence electrons. The molecule has 2 aromatic rings. The Hall–Kier alpha value is -3.87. The summed E-state index contributed by atoms with van der Waals surface area (Å²) < 4.78 is 59.8. The minimum atomic E-state index is -4.76. The van der Waals surface area contributed by atoms with Gasteiger partial charge in [-0.2, -0.15) is 13.2 Å². The van der Waals surface area contributed by atoms with Crippen molar-refractivity contribution in [1.82, 2.24) is 20.4 Å². The lowest BCUT2D eigenvalue weighted by atomic mass is 9.85. The number of carbonyl (C=O) groups is 3. The van der Waals surface area contributed by atoms with Gasteiger partial charge in [-0.15, -0.1) is 0 Å². The number of likely N-dealkylation sites (N-methyl/N-ethyl adjacent to an activating group) is 1. The average Bonchev–Trinajstić information content (AvgIpc) is 3.19. The molecule has 1 unspecified atom stereocenters. The first-order chi connectivity index (χ1) is 20.8. The van der Waals surface area contributed by atoms with Crippen LogP contribution in [0.3, 0.4) is 0 Å². The Balaban J connectivity index is 1.26. The molecular formula is C31H37F4N5O4. The molecule has 1 atom stereocenters. The normalized spacial score (nSPS) is 19.4. The molecule has 3 aliphatic rings. The molecule has 5 rings (SSSR count). The molecule has 0 bridgehead atoms. The number of hydrogen-bond acceptors (Lipinski definition) is 5. The van der Waals surface area contributed by atoms with E-state index in [-0.39, 0.29) is 6.03 Å². The zero-order valence-electron chi connectivity index (χ0n) is 24.9. The quantitative estimate of drug-likeness (QED) is 0.434. The van der Waals surface area contributed by atoms with Crippen LogP contribution in [-0.4, -0.2) is 85.6 Å². The second-order valence-electron chi connectivity index (χ2n) is 12.2. The zero-order valence-corrected chi connectivity index (χ0v) is 24.9. The average molecular weight is 620 g/mol. The summed E-state index contributed by atoms with van der Waals surface area (Å²) in [5.74, 6) is -1.83. The molecule has 0 saturated carbocycles. The van der Waals surface area contributed by atoms with Crippen molar-refractivity contribution in [3.63, 3.8) is 0 Å². The molecule has 44 heavy (non-hydrogen) atoms. The third kappa shape index (κ3) is 6.33. The van der Waals surface area contributed by atoms with E-state index in [2.05, 4.69) is 10.6 Å². The Morgan fingerprint density at radius 2 is 1.75 bits per heavy atom. The van der Waals surface area contributed by atoms with Crippen LogP contribution in [0, 0.1) is 17.7 Å². The summed E-state index contributed by atoms with van der Waals surface area (Å²) in [6.45, 7) is 6.95. The van der Waals surface area contributed by atoms with E-state index in [1.165, 1.54) is 0 Å². The third-order valence-electron chi connectivity index (χ3n) is 8.73. The Morgan fingerprint density at radius 1 is 1.09 bits per heavy atom.